The average Bonchev–Trinajstić information content (AvgIpc) is 2.05. The maximum Gasteiger partial charge on any atom is 0.0353 e. The van der Waals surface area contributed by atoms with E-state index in [-0.39, 0.29) is 0 Å². The van der Waals surface area contributed by atoms with Crippen molar-refractivity contribution < 1.29 is 0 Å². The fourth-order valence-electron chi connectivity index (χ4n) is 0.901. The molecule has 0 atom stereocenters. The molecule has 0 aliphatic rings. The van der Waals surface area contributed by atoms with Crippen LogP contribution in [0.1, 0.15) is 0 Å². The summed E-state index contributed by atoms with van der Waals surface area (Å²) >= 11 is 0. The van der Waals surface area contributed by atoms with E-state index in [1.54, 1.807) is 12.4 Å². The third-order valence-corrected chi connectivity index (χ3v) is 1.39. The Morgan fingerprint density at radius 1 is 1.20 bits per heavy atom. The van der Waals surface area contributed by atoms with Crippen molar-refractivity contribution in [2.45, 2.75) is 0 Å². The number of benzene rings is 1. The number of rotatable bonds is 0. The third-order valence-electron chi connectivity index (χ3n) is 1.39. The van der Waals surface area contributed by atoms with Crippen molar-refractivity contribution in [3.63, 3.8) is 0 Å². The molecule has 10 heavy (non-hydrogen) atoms. The molecule has 1 aromatic carbocycles. The van der Waals surface area contributed by atoms with Gasteiger partial charge in [-0.1, -0.05) is 18.2 Å². The first-order valence-electron chi connectivity index (χ1n) is 3.09. The van der Waals surface area contributed by atoms with Crippen molar-refractivity contribution >= 4 is 10.8 Å². The summed E-state index contributed by atoms with van der Waals surface area (Å²) in [7, 11) is 0. The first kappa shape index (κ1) is 5.42. The van der Waals surface area contributed by atoms with Crippen molar-refractivity contribution in [2.75, 3.05) is 0 Å². The van der Waals surface area contributed by atoms with Gasteiger partial charge in [-0.3, -0.25) is 4.98 Å². The monoisotopic (exact) mass is 127 g/mol. The molecule has 2 radical (unpaired) electrons. The van der Waals surface area contributed by atoms with Crippen molar-refractivity contribution in [3.05, 3.63) is 42.7 Å². The molecule has 1 heteroatoms. The van der Waals surface area contributed by atoms with E-state index in [9.17, 15) is 0 Å². The minimum absolute atomic E-state index is 1.02. The van der Waals surface area contributed by atoms with E-state index < -0.39 is 0 Å². The molecule has 0 N–H and O–H groups in total. The van der Waals surface area contributed by atoms with Crippen LogP contribution in [0.15, 0.2) is 30.6 Å². The molecule has 46 valence electrons. The molecular weight excluding hydrogens is 122 g/mol. The molecule has 0 saturated heterocycles. The molecule has 0 saturated carbocycles. The van der Waals surface area contributed by atoms with Gasteiger partial charge in [0.05, 0.1) is 0 Å². The molecule has 0 fully saturated rings. The Morgan fingerprint density at radius 3 is 3.10 bits per heavy atom. The Bertz CT molecular complexity index is 276. The lowest BCUT2D eigenvalue weighted by Crippen LogP contribution is -1.72. The summed E-state index contributed by atoms with van der Waals surface area (Å²) in [5, 5.41) is 2.09. The van der Waals surface area contributed by atoms with E-state index in [2.05, 4.69) is 17.1 Å². The SMILES string of the molecule is [c]1cncc2[c]cccc12. The van der Waals surface area contributed by atoms with Gasteiger partial charge in [0.1, 0.15) is 0 Å². The molecule has 1 heterocycles. The molecule has 2 rings (SSSR count). The van der Waals surface area contributed by atoms with Crippen LogP contribution in [-0.2, 0) is 0 Å². The predicted octanol–water partition coefficient (Wildman–Crippen LogP) is 1.84. The minimum atomic E-state index is 1.02. The Kier molecular flexibility index (Phi) is 1.14. The molecule has 0 unspecified atom stereocenters. The van der Waals surface area contributed by atoms with E-state index in [0.717, 1.165) is 10.8 Å². The van der Waals surface area contributed by atoms with Gasteiger partial charge in [0.2, 0.25) is 0 Å². The number of nitrogens with zero attached hydrogens (tertiary/aromatic N) is 1. The summed E-state index contributed by atoms with van der Waals surface area (Å²) in [4.78, 5) is 3.93. The fourth-order valence-corrected chi connectivity index (χ4v) is 0.901. The first-order valence-corrected chi connectivity index (χ1v) is 3.09. The molecule has 0 aliphatic heterocycles. The van der Waals surface area contributed by atoms with Crippen LogP contribution in [-0.4, -0.2) is 4.98 Å². The number of pyridine rings is 1. The molecule has 2 aromatic rings. The highest BCUT2D eigenvalue weighted by Crippen LogP contribution is 2.08. The second kappa shape index (κ2) is 2.10. The highest BCUT2D eigenvalue weighted by molar-refractivity contribution is 5.79. The van der Waals surface area contributed by atoms with E-state index in [0.29, 0.717) is 0 Å². The normalized spacial score (nSPS) is 10.0. The second-order valence-corrected chi connectivity index (χ2v) is 2.05. The zero-order chi connectivity index (χ0) is 6.81. The van der Waals surface area contributed by atoms with Crippen LogP contribution < -0.4 is 0 Å². The first-order chi connectivity index (χ1) is 4.97. The van der Waals surface area contributed by atoms with Crippen LogP contribution in [0.25, 0.3) is 10.8 Å². The van der Waals surface area contributed by atoms with Crippen LogP contribution in [0.5, 0.6) is 0 Å². The van der Waals surface area contributed by atoms with Gasteiger partial charge in [0.25, 0.3) is 0 Å². The number of fused-ring (bicyclic) bond motifs is 1. The third kappa shape index (κ3) is 0.760. The van der Waals surface area contributed by atoms with Crippen molar-refractivity contribution in [3.8, 4) is 0 Å². The highest BCUT2D eigenvalue weighted by atomic mass is 14.6. The Balaban J connectivity index is 2.89. The van der Waals surface area contributed by atoms with Crippen molar-refractivity contribution in [1.29, 1.82) is 0 Å². The summed E-state index contributed by atoms with van der Waals surface area (Å²) in [5.74, 6) is 0. The van der Waals surface area contributed by atoms with E-state index >= 15 is 0 Å². The molecule has 0 spiro atoms. The largest absolute Gasteiger partial charge is 0.263 e. The van der Waals surface area contributed by atoms with Gasteiger partial charge in [-0.15, -0.1) is 0 Å². The average molecular weight is 127 g/mol. The number of hydrogen-bond donors (Lipinski definition) is 0. The molecular formula is C9H5N. The summed E-state index contributed by atoms with van der Waals surface area (Å²) in [6, 6.07) is 11.9. The topological polar surface area (TPSA) is 12.9 Å². The van der Waals surface area contributed by atoms with Gasteiger partial charge >= 0.3 is 0 Å². The van der Waals surface area contributed by atoms with E-state index in [1.165, 1.54) is 0 Å². The summed E-state index contributed by atoms with van der Waals surface area (Å²) in [6.45, 7) is 0. The summed E-state index contributed by atoms with van der Waals surface area (Å²) in [6.07, 6.45) is 3.45. The van der Waals surface area contributed by atoms with Gasteiger partial charge < -0.3 is 0 Å². The highest BCUT2D eigenvalue weighted by Gasteiger charge is 1.87. The van der Waals surface area contributed by atoms with Gasteiger partial charge in [-0.25, -0.2) is 0 Å². The van der Waals surface area contributed by atoms with E-state index in [4.69, 9.17) is 0 Å². The zero-order valence-electron chi connectivity index (χ0n) is 5.33. The van der Waals surface area contributed by atoms with Crippen LogP contribution in [0.2, 0.25) is 0 Å². The lowest BCUT2D eigenvalue weighted by molar-refractivity contribution is 1.36. The fraction of sp³-hybridized carbons (Fsp3) is 0. The Labute approximate surface area is 59.3 Å². The lowest BCUT2D eigenvalue weighted by Gasteiger charge is -1.90. The molecule has 1 nitrogen and oxygen atoms in total. The number of aromatic nitrogens is 1. The van der Waals surface area contributed by atoms with E-state index in [1.807, 2.05) is 18.2 Å². The van der Waals surface area contributed by atoms with Crippen LogP contribution in [0.4, 0.5) is 0 Å². The zero-order valence-corrected chi connectivity index (χ0v) is 5.33. The van der Waals surface area contributed by atoms with Crippen LogP contribution in [0, 0.1) is 12.1 Å². The van der Waals surface area contributed by atoms with Gasteiger partial charge in [-0.2, -0.15) is 0 Å². The standard InChI is InChI=1S/C9H5N/c1-2-4-9-7-10-6-5-8(9)3-1/h1-3,6-7H. The number of hydrogen-bond acceptors (Lipinski definition) is 1. The summed E-state index contributed by atoms with van der Waals surface area (Å²) < 4.78 is 0. The lowest BCUT2D eigenvalue weighted by atomic mass is 10.2. The van der Waals surface area contributed by atoms with Crippen molar-refractivity contribution in [2.24, 2.45) is 0 Å². The molecule has 1 aromatic heterocycles. The van der Waals surface area contributed by atoms with Crippen molar-refractivity contribution in [1.82, 2.24) is 4.98 Å². The Hall–Kier alpha value is -1.37. The Morgan fingerprint density at radius 2 is 2.20 bits per heavy atom. The van der Waals surface area contributed by atoms with Crippen LogP contribution in [0.3, 0.4) is 0 Å². The quantitative estimate of drug-likeness (QED) is 0.526. The minimum Gasteiger partial charge on any atom is -0.263 e. The molecule has 0 bridgehead atoms. The second-order valence-electron chi connectivity index (χ2n) is 2.05. The van der Waals surface area contributed by atoms with Crippen LogP contribution >= 0.6 is 0 Å². The maximum atomic E-state index is 3.93. The molecule has 0 aliphatic carbocycles. The van der Waals surface area contributed by atoms with Gasteiger partial charge in [0, 0.05) is 23.8 Å². The summed E-state index contributed by atoms with van der Waals surface area (Å²) in [5.41, 5.74) is 0. The van der Waals surface area contributed by atoms with Gasteiger partial charge in [-0.05, 0) is 11.5 Å². The maximum absolute atomic E-state index is 3.93. The smallest absolute Gasteiger partial charge is 0.0353 e. The predicted molar refractivity (Wildman–Crippen MR) is 39.4 cm³/mol. The molecule has 0 amide bonds. The van der Waals surface area contributed by atoms with Gasteiger partial charge in [0.15, 0.2) is 0 Å².